The summed E-state index contributed by atoms with van der Waals surface area (Å²) < 4.78 is 5.88. The van der Waals surface area contributed by atoms with Gasteiger partial charge in [-0.15, -0.1) is 0 Å². The molecule has 1 nitrogen and oxygen atoms in total. The topological polar surface area (TPSA) is 9.23 Å². The fourth-order valence-corrected chi connectivity index (χ4v) is 9.97. The molecule has 178 valence electrons. The third kappa shape index (κ3) is 3.93. The minimum Gasteiger partial charge on any atom is -0.496 e. The smallest absolute Gasteiger partial charge is 0.144 e. The predicted octanol–water partition coefficient (Wildman–Crippen LogP) is 7.13. The Labute approximate surface area is 219 Å². The van der Waals surface area contributed by atoms with Gasteiger partial charge in [0.15, 0.2) is 0 Å². The van der Waals surface area contributed by atoms with E-state index in [0.717, 1.165) is 11.1 Å². The summed E-state index contributed by atoms with van der Waals surface area (Å²) in [5.41, 5.74) is 2.43. The van der Waals surface area contributed by atoms with Crippen LogP contribution in [-0.2, 0) is 0 Å². The summed E-state index contributed by atoms with van der Waals surface area (Å²) in [6.07, 6.45) is 0. The van der Waals surface area contributed by atoms with E-state index in [1.54, 1.807) is 7.11 Å². The van der Waals surface area contributed by atoms with Gasteiger partial charge in [0.2, 0.25) is 0 Å². The second kappa shape index (κ2) is 10.1. The summed E-state index contributed by atoms with van der Waals surface area (Å²) >= 11 is 0. The molecule has 0 saturated carbocycles. The molecule has 0 spiro atoms. The Morgan fingerprint density at radius 2 is 0.892 bits per heavy atom. The van der Waals surface area contributed by atoms with E-state index in [4.69, 9.17) is 4.74 Å². The van der Waals surface area contributed by atoms with Crippen LogP contribution in [0.3, 0.4) is 0 Å². The maximum absolute atomic E-state index is 5.88. The lowest BCUT2D eigenvalue weighted by molar-refractivity contribution is 0.420. The number of methoxy groups -OCH3 is 1. The lowest BCUT2D eigenvalue weighted by atomic mass is 9.97. The van der Waals surface area contributed by atoms with Crippen molar-refractivity contribution in [3.8, 4) is 16.9 Å². The van der Waals surface area contributed by atoms with Gasteiger partial charge in [-0.05, 0) is 59.5 Å². The van der Waals surface area contributed by atoms with Crippen LogP contribution in [0.1, 0.15) is 0 Å². The average Bonchev–Trinajstić information content (AvgIpc) is 2.99. The summed E-state index contributed by atoms with van der Waals surface area (Å²) in [6, 6.07) is 54.9. The van der Waals surface area contributed by atoms with E-state index >= 15 is 0 Å². The Hall–Kier alpha value is -4.19. The van der Waals surface area contributed by atoms with Crippen LogP contribution in [-0.4, -0.2) is 7.11 Å². The quantitative estimate of drug-likeness (QED) is 0.223. The van der Waals surface area contributed by atoms with Crippen LogP contribution >= 0.6 is 7.26 Å². The molecule has 0 amide bonds. The average molecular weight is 496 g/mol. The highest BCUT2D eigenvalue weighted by molar-refractivity contribution is 8.01. The zero-order valence-electron chi connectivity index (χ0n) is 20.8. The number of rotatable bonds is 6. The molecule has 0 saturated heterocycles. The first kappa shape index (κ1) is 23.2. The SMILES string of the molecule is COc1cccc2cccc(-c3ccccc3[P+](c3ccccc3)(c3ccccc3)c3ccccc3)c12. The normalized spacial score (nSPS) is 11.4. The summed E-state index contributed by atoms with van der Waals surface area (Å²) in [5.74, 6) is 0.894. The Morgan fingerprint density at radius 1 is 0.432 bits per heavy atom. The van der Waals surface area contributed by atoms with Gasteiger partial charge in [-0.25, -0.2) is 0 Å². The van der Waals surface area contributed by atoms with Crippen LogP contribution in [0, 0.1) is 0 Å². The van der Waals surface area contributed by atoms with E-state index in [1.165, 1.54) is 37.7 Å². The van der Waals surface area contributed by atoms with Gasteiger partial charge < -0.3 is 4.74 Å². The van der Waals surface area contributed by atoms with Crippen LogP contribution in [0.15, 0.2) is 152 Å². The monoisotopic (exact) mass is 495 g/mol. The molecule has 0 atom stereocenters. The maximum atomic E-state index is 5.88. The maximum Gasteiger partial charge on any atom is 0.144 e. The van der Waals surface area contributed by atoms with E-state index in [9.17, 15) is 0 Å². The van der Waals surface area contributed by atoms with Gasteiger partial charge in [-0.2, -0.15) is 0 Å². The van der Waals surface area contributed by atoms with E-state index in [2.05, 4.69) is 152 Å². The van der Waals surface area contributed by atoms with Crippen molar-refractivity contribution < 1.29 is 4.74 Å². The summed E-state index contributed by atoms with van der Waals surface area (Å²) in [7, 11) is -0.494. The van der Waals surface area contributed by atoms with Crippen LogP contribution in [0.2, 0.25) is 0 Å². The molecule has 0 aromatic heterocycles. The molecule has 6 aromatic rings. The number of hydrogen-bond acceptors (Lipinski definition) is 1. The van der Waals surface area contributed by atoms with Crippen LogP contribution in [0.4, 0.5) is 0 Å². The number of benzene rings is 6. The van der Waals surface area contributed by atoms with Crippen molar-refractivity contribution in [2.24, 2.45) is 0 Å². The van der Waals surface area contributed by atoms with Crippen LogP contribution in [0.25, 0.3) is 21.9 Å². The zero-order valence-corrected chi connectivity index (χ0v) is 21.7. The van der Waals surface area contributed by atoms with Crippen molar-refractivity contribution >= 4 is 39.3 Å². The molecule has 0 aliphatic rings. The second-order valence-corrected chi connectivity index (χ2v) is 12.4. The summed E-state index contributed by atoms with van der Waals surface area (Å²) in [4.78, 5) is 0. The minimum absolute atomic E-state index is 0.894. The van der Waals surface area contributed by atoms with E-state index in [0.29, 0.717) is 0 Å². The first-order chi connectivity index (χ1) is 18.3. The van der Waals surface area contributed by atoms with Gasteiger partial charge in [0.25, 0.3) is 0 Å². The van der Waals surface area contributed by atoms with Gasteiger partial charge >= 0.3 is 0 Å². The van der Waals surface area contributed by atoms with Gasteiger partial charge in [0, 0.05) is 10.9 Å². The van der Waals surface area contributed by atoms with Gasteiger partial charge in [0.05, 0.1) is 7.11 Å². The van der Waals surface area contributed by atoms with Crippen molar-refractivity contribution in [3.63, 3.8) is 0 Å². The molecule has 6 rings (SSSR count). The lowest BCUT2D eigenvalue weighted by Gasteiger charge is -2.29. The van der Waals surface area contributed by atoms with Crippen molar-refractivity contribution in [2.75, 3.05) is 7.11 Å². The molecule has 0 unspecified atom stereocenters. The van der Waals surface area contributed by atoms with Crippen LogP contribution in [0.5, 0.6) is 5.75 Å². The predicted molar refractivity (Wildman–Crippen MR) is 161 cm³/mol. The molecule has 37 heavy (non-hydrogen) atoms. The largest absolute Gasteiger partial charge is 0.496 e. The molecule has 0 radical (unpaired) electrons. The fraction of sp³-hybridized carbons (Fsp3) is 0.0286. The Morgan fingerprint density at radius 3 is 1.43 bits per heavy atom. The Balaban J connectivity index is 1.78. The second-order valence-electron chi connectivity index (χ2n) is 9.06. The fourth-order valence-electron chi connectivity index (χ4n) is 5.51. The van der Waals surface area contributed by atoms with E-state index in [-0.39, 0.29) is 0 Å². The van der Waals surface area contributed by atoms with Crippen molar-refractivity contribution in [3.05, 3.63) is 152 Å². The van der Waals surface area contributed by atoms with Crippen molar-refractivity contribution in [2.45, 2.75) is 0 Å². The van der Waals surface area contributed by atoms with Crippen molar-refractivity contribution in [1.29, 1.82) is 0 Å². The standard InChI is InChI=1S/C35H28OP/c1-36-33-25-14-16-27-15-13-24-32(35(27)33)31-23-11-12-26-34(31)37(28-17-5-2-6-18-28,29-19-7-3-8-20-29)30-21-9-4-10-22-30/h2-26H,1H3/q+1. The van der Waals surface area contributed by atoms with Gasteiger partial charge in [-0.1, -0.05) is 103 Å². The third-order valence-electron chi connectivity index (χ3n) is 7.07. The highest BCUT2D eigenvalue weighted by Gasteiger charge is 2.49. The number of hydrogen-bond donors (Lipinski definition) is 0. The minimum atomic E-state index is -2.25. The highest BCUT2D eigenvalue weighted by Crippen LogP contribution is 2.56. The Kier molecular flexibility index (Phi) is 6.31. The Bertz CT molecular complexity index is 1540. The molecule has 0 aliphatic carbocycles. The first-order valence-corrected chi connectivity index (χ1v) is 14.3. The molecule has 0 aliphatic heterocycles. The zero-order chi connectivity index (χ0) is 25.1. The molecule has 0 N–H and O–H groups in total. The molecule has 0 bridgehead atoms. The summed E-state index contributed by atoms with van der Waals surface area (Å²) in [5, 5.41) is 7.69. The van der Waals surface area contributed by atoms with Gasteiger partial charge in [-0.3, -0.25) is 0 Å². The molecule has 6 aromatic carbocycles. The first-order valence-electron chi connectivity index (χ1n) is 12.6. The molecule has 0 heterocycles. The molecule has 2 heteroatoms. The number of ether oxygens (including phenoxy) is 1. The number of fused-ring (bicyclic) bond motifs is 1. The van der Waals surface area contributed by atoms with Gasteiger partial charge in [0.1, 0.15) is 34.2 Å². The third-order valence-corrected chi connectivity index (χ3v) is 11.4. The summed E-state index contributed by atoms with van der Waals surface area (Å²) in [6.45, 7) is 0. The van der Waals surface area contributed by atoms with E-state index in [1.807, 2.05) is 0 Å². The lowest BCUT2D eigenvalue weighted by Crippen LogP contribution is -2.39. The van der Waals surface area contributed by atoms with Crippen LogP contribution < -0.4 is 26.0 Å². The molecular formula is C35H28OP+. The van der Waals surface area contributed by atoms with E-state index < -0.39 is 7.26 Å². The molecule has 0 fully saturated rings. The van der Waals surface area contributed by atoms with Crippen molar-refractivity contribution in [1.82, 2.24) is 0 Å². The molecular weight excluding hydrogens is 467 g/mol. The highest BCUT2D eigenvalue weighted by atomic mass is 31.2.